The van der Waals surface area contributed by atoms with Crippen LogP contribution in [0.25, 0.3) is 10.8 Å². The number of carbonyl (C=O) groups excluding carboxylic acids is 1. The van der Waals surface area contributed by atoms with E-state index in [0.717, 1.165) is 25.0 Å². The minimum absolute atomic E-state index is 0.125. The first-order chi connectivity index (χ1) is 14.5. The number of benzene rings is 2. The molecule has 0 aliphatic carbocycles. The first-order valence-corrected chi connectivity index (χ1v) is 10.7. The molecule has 7 heteroatoms. The van der Waals surface area contributed by atoms with Crippen LogP contribution in [0.15, 0.2) is 47.1 Å². The molecule has 1 N–H and O–H groups in total. The lowest BCUT2D eigenvalue weighted by atomic mass is 10.1. The van der Waals surface area contributed by atoms with Crippen LogP contribution in [0, 0.1) is 0 Å². The number of nitrogens with zero attached hydrogens (tertiary/aromatic N) is 1. The zero-order valence-corrected chi connectivity index (χ0v) is 18.6. The molecule has 0 aliphatic rings. The Labute approximate surface area is 183 Å². The lowest BCUT2D eigenvalue weighted by Crippen LogP contribution is -2.09. The lowest BCUT2D eigenvalue weighted by molar-refractivity contribution is 0.0489. The van der Waals surface area contributed by atoms with E-state index >= 15 is 0 Å². The molecule has 0 bridgehead atoms. The molecule has 3 aromatic rings. The summed E-state index contributed by atoms with van der Waals surface area (Å²) in [5.41, 5.74) is -0.125. The molecule has 158 valence electrons. The van der Waals surface area contributed by atoms with Crippen LogP contribution >= 0.6 is 15.9 Å². The number of esters is 1. The van der Waals surface area contributed by atoms with Crippen LogP contribution < -0.4 is 9.47 Å². The number of hydrogen-bond donors (Lipinski definition) is 1. The lowest BCUT2D eigenvalue weighted by Gasteiger charge is -2.12. The van der Waals surface area contributed by atoms with Gasteiger partial charge in [-0.05, 0) is 71.2 Å². The molecule has 1 heterocycles. The summed E-state index contributed by atoms with van der Waals surface area (Å²) in [5, 5.41) is 11.8. The fourth-order valence-corrected chi connectivity index (χ4v) is 3.30. The maximum atomic E-state index is 12.3. The van der Waals surface area contributed by atoms with Gasteiger partial charge < -0.3 is 19.3 Å². The fourth-order valence-electron chi connectivity index (χ4n) is 2.78. The Kier molecular flexibility index (Phi) is 7.52. The van der Waals surface area contributed by atoms with Gasteiger partial charge in [0.25, 0.3) is 0 Å². The maximum absolute atomic E-state index is 12.3. The Bertz CT molecular complexity index is 1020. The number of hydrogen-bond acceptors (Lipinski definition) is 6. The number of unbranched alkanes of at least 4 members (excludes halogenated alkanes) is 1. The van der Waals surface area contributed by atoms with Crippen molar-refractivity contribution in [2.45, 2.75) is 33.1 Å². The van der Waals surface area contributed by atoms with Gasteiger partial charge in [-0.2, -0.15) is 0 Å². The van der Waals surface area contributed by atoms with Gasteiger partial charge in [0.1, 0.15) is 21.9 Å². The zero-order chi connectivity index (χ0) is 21.5. The minimum atomic E-state index is -0.655. The van der Waals surface area contributed by atoms with Gasteiger partial charge in [-0.25, -0.2) is 9.78 Å². The molecule has 30 heavy (non-hydrogen) atoms. The summed E-state index contributed by atoms with van der Waals surface area (Å²) in [6.45, 7) is 5.00. The molecular weight excluding hydrogens is 450 g/mol. The third-order valence-electron chi connectivity index (χ3n) is 4.36. The highest BCUT2D eigenvalue weighted by molar-refractivity contribution is 9.10. The second-order valence-corrected chi connectivity index (χ2v) is 7.47. The SMILES string of the molecule is CCCCOC(=O)c1nc(Br)c2ccc(Oc3ccc(OCCC)cc3)cc2c1O. The van der Waals surface area contributed by atoms with Crippen molar-refractivity contribution >= 4 is 32.7 Å². The van der Waals surface area contributed by atoms with Gasteiger partial charge in [0.05, 0.1) is 13.2 Å². The zero-order valence-electron chi connectivity index (χ0n) is 17.0. The smallest absolute Gasteiger partial charge is 0.360 e. The van der Waals surface area contributed by atoms with Crippen molar-refractivity contribution in [2.24, 2.45) is 0 Å². The standard InChI is InChI=1S/C23H24BrNO5/c1-3-5-13-29-23(27)20-21(26)19-14-17(10-11-18(19)22(24)25-20)30-16-8-6-15(7-9-16)28-12-4-2/h6-11,14,26H,3-5,12-13H2,1-2H3. The molecule has 3 rings (SSSR count). The van der Waals surface area contributed by atoms with Gasteiger partial charge in [-0.15, -0.1) is 0 Å². The average Bonchev–Trinajstić information content (AvgIpc) is 2.76. The van der Waals surface area contributed by atoms with Crippen molar-refractivity contribution in [3.05, 3.63) is 52.8 Å². The molecule has 0 aliphatic heterocycles. The molecule has 0 radical (unpaired) electrons. The van der Waals surface area contributed by atoms with Gasteiger partial charge in [0, 0.05) is 10.8 Å². The van der Waals surface area contributed by atoms with E-state index in [4.69, 9.17) is 14.2 Å². The molecule has 0 atom stereocenters. The monoisotopic (exact) mass is 473 g/mol. The van der Waals surface area contributed by atoms with E-state index < -0.39 is 5.97 Å². The summed E-state index contributed by atoms with van der Waals surface area (Å²) < 4.78 is 17.1. The summed E-state index contributed by atoms with van der Waals surface area (Å²) in [6, 6.07) is 12.5. The normalized spacial score (nSPS) is 10.8. The number of fused-ring (bicyclic) bond motifs is 1. The third kappa shape index (κ3) is 5.21. The van der Waals surface area contributed by atoms with Crippen molar-refractivity contribution < 1.29 is 24.1 Å². The largest absolute Gasteiger partial charge is 0.505 e. The molecule has 6 nitrogen and oxygen atoms in total. The molecule has 0 saturated carbocycles. The van der Waals surface area contributed by atoms with E-state index in [-0.39, 0.29) is 18.1 Å². The number of rotatable bonds is 9. The Hall–Kier alpha value is -2.80. The number of aromatic nitrogens is 1. The van der Waals surface area contributed by atoms with Crippen LogP contribution in [0.3, 0.4) is 0 Å². The predicted molar refractivity (Wildman–Crippen MR) is 119 cm³/mol. The van der Waals surface area contributed by atoms with Crippen molar-refractivity contribution in [2.75, 3.05) is 13.2 Å². The van der Waals surface area contributed by atoms with Crippen molar-refractivity contribution in [1.29, 1.82) is 0 Å². The quantitative estimate of drug-likeness (QED) is 0.225. The van der Waals surface area contributed by atoms with Gasteiger partial charge in [0.2, 0.25) is 0 Å². The summed E-state index contributed by atoms with van der Waals surface area (Å²) in [7, 11) is 0. The summed E-state index contributed by atoms with van der Waals surface area (Å²) in [4.78, 5) is 16.5. The molecule has 0 amide bonds. The maximum Gasteiger partial charge on any atom is 0.360 e. The Morgan fingerprint density at radius 2 is 1.67 bits per heavy atom. The summed E-state index contributed by atoms with van der Waals surface area (Å²) >= 11 is 3.37. The van der Waals surface area contributed by atoms with Crippen LogP contribution in [0.2, 0.25) is 0 Å². The number of ether oxygens (including phenoxy) is 3. The van der Waals surface area contributed by atoms with Crippen LogP contribution in [0.5, 0.6) is 23.0 Å². The predicted octanol–water partition coefficient (Wildman–Crippen LogP) is 6.24. The first-order valence-electron chi connectivity index (χ1n) is 9.93. The van der Waals surface area contributed by atoms with Crippen LogP contribution in [0.4, 0.5) is 0 Å². The van der Waals surface area contributed by atoms with Crippen molar-refractivity contribution in [3.63, 3.8) is 0 Å². The highest BCUT2D eigenvalue weighted by Gasteiger charge is 2.20. The summed E-state index contributed by atoms with van der Waals surface area (Å²) in [6.07, 6.45) is 2.60. The molecule has 1 aromatic heterocycles. The minimum Gasteiger partial charge on any atom is -0.505 e. The first kappa shape index (κ1) is 21.9. The van der Waals surface area contributed by atoms with E-state index in [0.29, 0.717) is 33.5 Å². The molecule has 0 fully saturated rings. The number of pyridine rings is 1. The van der Waals surface area contributed by atoms with Crippen molar-refractivity contribution in [3.8, 4) is 23.0 Å². The second-order valence-electron chi connectivity index (χ2n) is 6.72. The Morgan fingerprint density at radius 3 is 2.37 bits per heavy atom. The number of aromatic hydroxyl groups is 1. The Balaban J connectivity index is 1.85. The van der Waals surface area contributed by atoms with E-state index in [1.807, 2.05) is 31.2 Å². The van der Waals surface area contributed by atoms with Crippen LogP contribution in [0.1, 0.15) is 43.6 Å². The highest BCUT2D eigenvalue weighted by Crippen LogP contribution is 2.36. The van der Waals surface area contributed by atoms with E-state index in [2.05, 4.69) is 27.8 Å². The average molecular weight is 474 g/mol. The van der Waals surface area contributed by atoms with Crippen molar-refractivity contribution in [1.82, 2.24) is 4.98 Å². The van der Waals surface area contributed by atoms with Gasteiger partial charge in [-0.3, -0.25) is 0 Å². The molecule has 0 saturated heterocycles. The molecular formula is C23H24BrNO5. The molecule has 0 unspecified atom stereocenters. The molecule has 0 spiro atoms. The van der Waals surface area contributed by atoms with Gasteiger partial charge >= 0.3 is 5.97 Å². The fraction of sp³-hybridized carbons (Fsp3) is 0.304. The topological polar surface area (TPSA) is 77.9 Å². The van der Waals surface area contributed by atoms with E-state index in [1.54, 1.807) is 18.2 Å². The summed E-state index contributed by atoms with van der Waals surface area (Å²) in [5.74, 6) is 1.04. The molecule has 2 aromatic carbocycles. The van der Waals surface area contributed by atoms with Crippen LogP contribution in [-0.2, 0) is 4.74 Å². The van der Waals surface area contributed by atoms with Gasteiger partial charge in [0.15, 0.2) is 11.4 Å². The Morgan fingerprint density at radius 1 is 0.967 bits per heavy atom. The second kappa shape index (κ2) is 10.3. The van der Waals surface area contributed by atoms with Crippen LogP contribution in [-0.4, -0.2) is 29.3 Å². The number of carbonyl (C=O) groups is 1. The van der Waals surface area contributed by atoms with E-state index in [1.165, 1.54) is 0 Å². The van der Waals surface area contributed by atoms with E-state index in [9.17, 15) is 9.90 Å². The van der Waals surface area contributed by atoms with Gasteiger partial charge in [-0.1, -0.05) is 20.3 Å². The number of halogens is 1. The highest BCUT2D eigenvalue weighted by atomic mass is 79.9. The third-order valence-corrected chi connectivity index (χ3v) is 4.96.